The number of ether oxygens (including phenoxy) is 2. The number of hydrogen-bond donors (Lipinski definition) is 2. The SMILES string of the molecule is CCOc1cc(CNc2cc(Cl)ccc2Cl)ccc1OCC(=O)NC(C)(C)C. The van der Waals surface area contributed by atoms with Gasteiger partial charge in [0.15, 0.2) is 18.1 Å². The van der Waals surface area contributed by atoms with E-state index in [1.54, 1.807) is 24.3 Å². The summed E-state index contributed by atoms with van der Waals surface area (Å²) < 4.78 is 11.3. The molecule has 5 nitrogen and oxygen atoms in total. The van der Waals surface area contributed by atoms with E-state index >= 15 is 0 Å². The van der Waals surface area contributed by atoms with Gasteiger partial charge in [-0.15, -0.1) is 0 Å². The lowest BCUT2D eigenvalue weighted by Gasteiger charge is -2.21. The molecule has 0 radical (unpaired) electrons. The van der Waals surface area contributed by atoms with Crippen molar-refractivity contribution in [1.82, 2.24) is 5.32 Å². The molecule has 7 heteroatoms. The highest BCUT2D eigenvalue weighted by atomic mass is 35.5. The molecule has 0 bridgehead atoms. The third-order valence-corrected chi connectivity index (χ3v) is 4.16. The maximum atomic E-state index is 12.0. The minimum Gasteiger partial charge on any atom is -0.490 e. The molecule has 0 saturated carbocycles. The minimum absolute atomic E-state index is 0.0763. The van der Waals surface area contributed by atoms with Gasteiger partial charge in [0.2, 0.25) is 0 Å². The van der Waals surface area contributed by atoms with Crippen molar-refractivity contribution in [2.24, 2.45) is 0 Å². The number of amides is 1. The molecule has 0 fully saturated rings. The zero-order valence-corrected chi connectivity index (χ0v) is 18.1. The molecule has 2 aromatic carbocycles. The lowest BCUT2D eigenvalue weighted by molar-refractivity contribution is -0.124. The molecule has 2 N–H and O–H groups in total. The predicted octanol–water partition coefficient (Wildman–Crippen LogP) is 5.30. The van der Waals surface area contributed by atoms with Crippen LogP contribution in [0, 0.1) is 0 Å². The van der Waals surface area contributed by atoms with E-state index in [-0.39, 0.29) is 18.1 Å². The van der Waals surface area contributed by atoms with Gasteiger partial charge in [0.25, 0.3) is 5.91 Å². The summed E-state index contributed by atoms with van der Waals surface area (Å²) in [6.45, 7) is 8.60. The van der Waals surface area contributed by atoms with Gasteiger partial charge in [-0.25, -0.2) is 0 Å². The quantitative estimate of drug-likeness (QED) is 0.603. The van der Waals surface area contributed by atoms with Gasteiger partial charge in [-0.3, -0.25) is 4.79 Å². The van der Waals surface area contributed by atoms with Crippen molar-refractivity contribution in [3.05, 3.63) is 52.0 Å². The molecular formula is C21H26Cl2N2O3. The summed E-state index contributed by atoms with van der Waals surface area (Å²) >= 11 is 12.2. The van der Waals surface area contributed by atoms with Crippen LogP contribution >= 0.6 is 23.2 Å². The van der Waals surface area contributed by atoms with Crippen molar-refractivity contribution in [2.45, 2.75) is 39.8 Å². The maximum Gasteiger partial charge on any atom is 0.258 e. The number of nitrogens with one attached hydrogen (secondary N) is 2. The van der Waals surface area contributed by atoms with Crippen LogP contribution in [-0.4, -0.2) is 24.7 Å². The molecule has 28 heavy (non-hydrogen) atoms. The third-order valence-electron chi connectivity index (χ3n) is 3.59. The molecule has 2 rings (SSSR count). The van der Waals surface area contributed by atoms with E-state index in [0.29, 0.717) is 34.7 Å². The smallest absolute Gasteiger partial charge is 0.258 e. The molecule has 0 aliphatic carbocycles. The summed E-state index contributed by atoms with van der Waals surface area (Å²) in [5, 5.41) is 7.33. The molecule has 0 unspecified atom stereocenters. The average molecular weight is 425 g/mol. The predicted molar refractivity (Wildman–Crippen MR) is 115 cm³/mol. The van der Waals surface area contributed by atoms with Crippen LogP contribution in [0.2, 0.25) is 10.0 Å². The molecule has 1 amide bonds. The van der Waals surface area contributed by atoms with Gasteiger partial charge in [-0.05, 0) is 63.6 Å². The van der Waals surface area contributed by atoms with Crippen LogP contribution in [-0.2, 0) is 11.3 Å². The Balaban J connectivity index is 2.05. The molecule has 0 aliphatic heterocycles. The molecule has 0 spiro atoms. The number of rotatable bonds is 8. The first-order valence-electron chi connectivity index (χ1n) is 9.06. The number of hydrogen-bond acceptors (Lipinski definition) is 4. The van der Waals surface area contributed by atoms with Crippen molar-refractivity contribution in [3.63, 3.8) is 0 Å². The molecule has 2 aromatic rings. The zero-order valence-electron chi connectivity index (χ0n) is 16.6. The number of carbonyl (C=O) groups is 1. The number of carbonyl (C=O) groups excluding carboxylic acids is 1. The number of benzene rings is 2. The van der Waals surface area contributed by atoms with Gasteiger partial charge >= 0.3 is 0 Å². The van der Waals surface area contributed by atoms with Gasteiger partial charge in [0.1, 0.15) is 0 Å². The Kier molecular flexibility index (Phi) is 7.84. The lowest BCUT2D eigenvalue weighted by Crippen LogP contribution is -2.43. The lowest BCUT2D eigenvalue weighted by atomic mass is 10.1. The highest BCUT2D eigenvalue weighted by Gasteiger charge is 2.15. The van der Waals surface area contributed by atoms with Crippen LogP contribution in [0.1, 0.15) is 33.3 Å². The topological polar surface area (TPSA) is 59.6 Å². The highest BCUT2D eigenvalue weighted by Crippen LogP contribution is 2.30. The second kappa shape index (κ2) is 9.89. The summed E-state index contributed by atoms with van der Waals surface area (Å²) in [5.74, 6) is 0.925. The van der Waals surface area contributed by atoms with Crippen LogP contribution in [0.5, 0.6) is 11.5 Å². The number of anilines is 1. The Labute approximate surface area is 176 Å². The van der Waals surface area contributed by atoms with Gasteiger partial charge in [0.05, 0.1) is 17.3 Å². The standard InChI is InChI=1S/C21H26Cl2N2O3/c1-5-27-19-10-14(12-24-17-11-15(22)7-8-16(17)23)6-9-18(19)28-13-20(26)25-21(2,3)4/h6-11,24H,5,12-13H2,1-4H3,(H,25,26). The summed E-state index contributed by atoms with van der Waals surface area (Å²) in [4.78, 5) is 12.0. The van der Waals surface area contributed by atoms with Crippen LogP contribution in [0.3, 0.4) is 0 Å². The highest BCUT2D eigenvalue weighted by molar-refractivity contribution is 6.35. The van der Waals surface area contributed by atoms with E-state index in [4.69, 9.17) is 32.7 Å². The first-order valence-corrected chi connectivity index (χ1v) is 9.82. The van der Waals surface area contributed by atoms with Gasteiger partial charge in [-0.2, -0.15) is 0 Å². The normalized spacial score (nSPS) is 11.1. The Morgan fingerprint density at radius 1 is 1.04 bits per heavy atom. The summed E-state index contributed by atoms with van der Waals surface area (Å²) in [6, 6.07) is 10.9. The van der Waals surface area contributed by atoms with Gasteiger partial charge < -0.3 is 20.1 Å². The Morgan fingerprint density at radius 3 is 2.46 bits per heavy atom. The van der Waals surface area contributed by atoms with E-state index in [0.717, 1.165) is 11.3 Å². The van der Waals surface area contributed by atoms with Crippen molar-refractivity contribution < 1.29 is 14.3 Å². The molecule has 0 atom stereocenters. The summed E-state index contributed by atoms with van der Waals surface area (Å²) in [6.07, 6.45) is 0. The van der Waals surface area contributed by atoms with Crippen LogP contribution in [0.15, 0.2) is 36.4 Å². The molecule has 0 aliphatic rings. The Morgan fingerprint density at radius 2 is 1.79 bits per heavy atom. The third kappa shape index (κ3) is 7.13. The van der Waals surface area contributed by atoms with Crippen molar-refractivity contribution in [2.75, 3.05) is 18.5 Å². The summed E-state index contributed by atoms with van der Waals surface area (Å²) in [7, 11) is 0. The average Bonchev–Trinajstić information content (AvgIpc) is 2.60. The van der Waals surface area contributed by atoms with Crippen LogP contribution in [0.25, 0.3) is 0 Å². The Hall–Kier alpha value is -2.11. The van der Waals surface area contributed by atoms with Crippen LogP contribution < -0.4 is 20.1 Å². The molecule has 152 valence electrons. The first kappa shape index (κ1) is 22.2. The van der Waals surface area contributed by atoms with Gasteiger partial charge in [-0.1, -0.05) is 29.3 Å². The second-order valence-electron chi connectivity index (χ2n) is 7.28. The minimum atomic E-state index is -0.305. The van der Waals surface area contributed by atoms with E-state index in [9.17, 15) is 4.79 Å². The number of halogens is 2. The molecular weight excluding hydrogens is 399 g/mol. The van der Waals surface area contributed by atoms with Crippen LogP contribution in [0.4, 0.5) is 5.69 Å². The largest absolute Gasteiger partial charge is 0.490 e. The van der Waals surface area contributed by atoms with Crippen molar-refractivity contribution in [3.8, 4) is 11.5 Å². The molecule has 0 heterocycles. The fourth-order valence-corrected chi connectivity index (χ4v) is 2.83. The van der Waals surface area contributed by atoms with Crippen molar-refractivity contribution in [1.29, 1.82) is 0 Å². The van der Waals surface area contributed by atoms with E-state index in [1.807, 2.05) is 39.8 Å². The zero-order chi connectivity index (χ0) is 20.7. The fourth-order valence-electron chi connectivity index (χ4n) is 2.48. The fraction of sp³-hybridized carbons (Fsp3) is 0.381. The molecule has 0 aromatic heterocycles. The summed E-state index contributed by atoms with van der Waals surface area (Å²) in [5.41, 5.74) is 1.43. The van der Waals surface area contributed by atoms with E-state index in [1.165, 1.54) is 0 Å². The van der Waals surface area contributed by atoms with Crippen molar-refractivity contribution >= 4 is 34.8 Å². The second-order valence-corrected chi connectivity index (χ2v) is 8.12. The van der Waals surface area contributed by atoms with Gasteiger partial charge in [0, 0.05) is 17.1 Å². The molecule has 0 saturated heterocycles. The maximum absolute atomic E-state index is 12.0. The van der Waals surface area contributed by atoms with E-state index in [2.05, 4.69) is 10.6 Å². The van der Waals surface area contributed by atoms with E-state index < -0.39 is 0 Å². The Bertz CT molecular complexity index is 820. The monoisotopic (exact) mass is 424 g/mol. The first-order chi connectivity index (χ1) is 13.2.